The maximum Gasteiger partial charge on any atom is 1.00 e. The second-order valence-electron chi connectivity index (χ2n) is 3.91. The van der Waals surface area contributed by atoms with Crippen LogP contribution in [0.5, 0.6) is 0 Å². The molecule has 1 aromatic rings. The Kier molecular flexibility index (Phi) is 580. The van der Waals surface area contributed by atoms with Crippen molar-refractivity contribution in [1.29, 1.82) is 0 Å². The fourth-order valence-corrected chi connectivity index (χ4v) is 1.50. The second kappa shape index (κ2) is 155. The SMILES string of the molecule is CC[N-]CC.[Br-].[Br-].[Br-].[Cl-].[Cl-].[Cl-].[Cl-].[Cs+].[I-].[I-].[I][Co][I].[K+].[K+].[Li+].[Li+].[Li+].[Li+].[Li][CH2]CCC.[Na+].[Na+].[Na][c]1ccccc1.[Rb+]. The third-order valence-corrected chi connectivity index (χ3v) is 2.76. The summed E-state index contributed by atoms with van der Waals surface area (Å²) >= 11 is 7.87. The molecule has 39 heavy (non-hydrogen) atoms. The zero-order valence-corrected chi connectivity index (χ0v) is 67.8. The van der Waals surface area contributed by atoms with E-state index in [-0.39, 0.29) is 513 Å². The van der Waals surface area contributed by atoms with Crippen molar-refractivity contribution in [3.8, 4) is 0 Å². The van der Waals surface area contributed by atoms with Gasteiger partial charge in [-0.2, -0.15) is 13.1 Å². The minimum atomic E-state index is 0. The van der Waals surface area contributed by atoms with Crippen LogP contribution in [0.1, 0.15) is 33.6 Å². The van der Waals surface area contributed by atoms with E-state index in [9.17, 15) is 0 Å². The van der Waals surface area contributed by atoms with Crippen molar-refractivity contribution < 1.29 is 521 Å². The van der Waals surface area contributed by atoms with Gasteiger partial charge in [0.15, 0.2) is 0 Å². The molecule has 0 saturated carbocycles. The Bertz CT molecular complexity index is 316. The van der Waals surface area contributed by atoms with E-state index in [0.717, 1.165) is 13.1 Å². The third kappa shape index (κ3) is 181. The molecule has 0 spiro atoms. The van der Waals surface area contributed by atoms with E-state index in [1.165, 1.54) is 56.9 Å². The largest absolute Gasteiger partial charge is 1.00 e. The Morgan fingerprint density at radius 1 is 0.769 bits per heavy atom. The molecular weight excluding hydrogens is 1530 g/mol. The molecule has 0 radical (unpaired) electrons. The van der Waals surface area contributed by atoms with E-state index in [0.29, 0.717) is 0 Å². The average molecular weight is 1550 g/mol. The van der Waals surface area contributed by atoms with Gasteiger partial charge in [-0.1, -0.05) is 13.8 Å². The summed E-state index contributed by atoms with van der Waals surface area (Å²) in [5, 5.41) is 5.32. The van der Waals surface area contributed by atoms with Gasteiger partial charge < -0.3 is 154 Å². The van der Waals surface area contributed by atoms with Gasteiger partial charge >= 0.3 is 517 Å². The van der Waals surface area contributed by atoms with Crippen LogP contribution in [0, 0.1) is 0 Å². The van der Waals surface area contributed by atoms with Gasteiger partial charge in [0.25, 0.3) is 0 Å². The first-order chi connectivity index (χ1) is 9.64. The molecule has 1 nitrogen and oxygen atoms in total. The van der Waals surface area contributed by atoms with Gasteiger partial charge in [0.1, 0.15) is 0 Å². The number of rotatable bonds is 4. The Morgan fingerprint density at radius 3 is 1.05 bits per heavy atom. The molecule has 25 heteroatoms. The van der Waals surface area contributed by atoms with Crippen molar-refractivity contribution >= 4 is 89.3 Å². The molecule has 0 aliphatic heterocycles. The average Bonchev–Trinajstić information content (AvgIpc) is 2.44. The summed E-state index contributed by atoms with van der Waals surface area (Å²) < 4.78 is 1.46. The number of hydrogen-bond acceptors (Lipinski definition) is 0. The maximum atomic E-state index is 3.97. The molecule has 0 N–H and O–H groups in total. The van der Waals surface area contributed by atoms with Crippen LogP contribution in [-0.4, -0.2) is 58.7 Å². The van der Waals surface area contributed by atoms with Crippen LogP contribution in [0.4, 0.5) is 0 Å². The van der Waals surface area contributed by atoms with Gasteiger partial charge in [-0.25, -0.2) is 0 Å². The molecule has 1 aromatic carbocycles. The van der Waals surface area contributed by atoms with Gasteiger partial charge in [0.05, 0.1) is 0 Å². The molecule has 0 aromatic heterocycles. The van der Waals surface area contributed by atoms with Crippen LogP contribution in [0.15, 0.2) is 30.3 Å². The maximum absolute atomic E-state index is 3.97. The molecule has 0 saturated heterocycles. The molecule has 0 unspecified atom stereocenters. The normalized spacial score (nSPS) is 4.33. The summed E-state index contributed by atoms with van der Waals surface area (Å²) in [7, 11) is 1.38. The predicted octanol–water partition coefficient (Wildman–Crippen LogP) is -51.9. The Balaban J connectivity index is -0.00000000433. The first-order valence-electron chi connectivity index (χ1n) is 7.12. The molecule has 0 fully saturated rings. The van der Waals surface area contributed by atoms with Crippen molar-refractivity contribution in [3.63, 3.8) is 0 Å². The van der Waals surface area contributed by atoms with Crippen LogP contribution in [0.2, 0.25) is 5.09 Å². The van der Waals surface area contributed by atoms with E-state index < -0.39 is 0 Å². The van der Waals surface area contributed by atoms with Crippen LogP contribution in [0.3, 0.4) is 0 Å². The van der Waals surface area contributed by atoms with Crippen LogP contribution in [-0.2, 0) is 8.26 Å². The van der Waals surface area contributed by atoms with Crippen LogP contribution >= 0.6 is 40.8 Å². The molecule has 0 bridgehead atoms. The minimum absolute atomic E-state index is 0. The summed E-state index contributed by atoms with van der Waals surface area (Å²) in [6, 6.07) is 10.5. The number of hydrogen-bond donors (Lipinski definition) is 0. The second-order valence-corrected chi connectivity index (χ2v) is 13.9. The van der Waals surface area contributed by atoms with Gasteiger partial charge in [0, 0.05) is 0 Å². The van der Waals surface area contributed by atoms with Crippen LogP contribution in [0.25, 0.3) is 5.32 Å². The van der Waals surface area contributed by atoms with Crippen molar-refractivity contribution in [1.82, 2.24) is 0 Å². The molecule has 0 atom stereocenters. The first kappa shape index (κ1) is 146. The fourth-order valence-electron chi connectivity index (χ4n) is 1.11. The summed E-state index contributed by atoms with van der Waals surface area (Å²) in [5.41, 5.74) is 0. The van der Waals surface area contributed by atoms with Gasteiger partial charge in [0.2, 0.25) is 0 Å². The number of unbranched alkanes of at least 4 members (excludes halogenated alkanes) is 1. The van der Waals surface area contributed by atoms with E-state index in [1.807, 2.05) is 19.9 Å². The van der Waals surface area contributed by atoms with Gasteiger partial charge in [-0.05, 0) is 0 Å². The van der Waals surface area contributed by atoms with E-state index in [2.05, 4.69) is 95.1 Å². The van der Waals surface area contributed by atoms with E-state index >= 15 is 0 Å². The number of benzene rings is 1. The fraction of sp³-hybridized carbons (Fsp3) is 0.571. The van der Waals surface area contributed by atoms with Crippen molar-refractivity contribution in [3.05, 3.63) is 35.6 Å². The topological polar surface area (TPSA) is 14.1 Å². The van der Waals surface area contributed by atoms with E-state index in [4.69, 9.17) is 0 Å². The summed E-state index contributed by atoms with van der Waals surface area (Å²) in [6.45, 7) is 8.24. The molecule has 0 heterocycles. The standard InChI is InChI=1S/C6H5.C4H10N.C4H9.3BrH.4ClH.Co.Cs.4HI.2K.5Li.3Na.Rb/c1-2-4-6-5-3-1;1-3-5-4-2;1-3-4-2;;;;;;;;;;;;;;;;;;;;;;;;/h1-5H;3-4H2,1-2H3;1,3-4H2,2H3;7*1H;;;4*1H;;;;;;;;;;;/q;-1;;;;;;;;;+2;+1;;;;;2*+1;;4*+1;;3*+1/p-11. The Labute approximate surface area is 675 Å². The number of halogens is 11. The summed E-state index contributed by atoms with van der Waals surface area (Å²) in [4.78, 5) is 0. The molecular formula is C14H24Br3Cl4CoCsI4K2Li5NNa3Rb. The van der Waals surface area contributed by atoms with Crippen LogP contribution < -0.4 is 516 Å². The third-order valence-electron chi connectivity index (χ3n) is 2.09. The molecule has 1 rings (SSSR count). The van der Waals surface area contributed by atoms with E-state index in [1.54, 1.807) is 0 Å². The zero-order valence-electron chi connectivity index (χ0n) is 26.9. The molecule has 183 valence electrons. The smallest absolute Gasteiger partial charge is 1.00 e. The quantitative estimate of drug-likeness (QED) is 0.211. The first-order valence-corrected chi connectivity index (χ1v) is 14.8. The van der Waals surface area contributed by atoms with Gasteiger partial charge in [-0.3, -0.25) is 0 Å². The zero-order chi connectivity index (χ0) is 16.1. The van der Waals surface area contributed by atoms with Gasteiger partial charge in [-0.15, -0.1) is 0 Å². The summed E-state index contributed by atoms with van der Waals surface area (Å²) in [5.74, 6) is 0. The van der Waals surface area contributed by atoms with Crippen molar-refractivity contribution in [2.45, 2.75) is 38.7 Å². The Morgan fingerprint density at radius 2 is 1.00 bits per heavy atom. The number of nitrogens with zero attached hydrogens (tertiary/aromatic N) is 1. The van der Waals surface area contributed by atoms with Crippen molar-refractivity contribution in [2.75, 3.05) is 13.1 Å². The predicted molar refractivity (Wildman–Crippen MR) is 110 cm³/mol. The Hall–Kier alpha value is 18.3. The molecule has 0 aliphatic rings. The molecule has 0 aliphatic carbocycles. The minimum Gasteiger partial charge on any atom is 1.00 e. The monoisotopic (exact) mass is 1550 g/mol. The molecule has 0 amide bonds. The van der Waals surface area contributed by atoms with Crippen molar-refractivity contribution in [2.24, 2.45) is 0 Å². The summed E-state index contributed by atoms with van der Waals surface area (Å²) in [6.07, 6.45) is 2.73.